The average Bonchev–Trinajstić information content (AvgIpc) is 3.17. The Bertz CT molecular complexity index is 663. The SMILES string of the molecule is [CH-]=CC.[CH3-].[Ti+4].c1ccc2[cH-]ccc2c1.c1ccc2[cH-]ccc2c1. The van der Waals surface area contributed by atoms with Crippen LogP contribution in [0.5, 0.6) is 0 Å². The molecule has 0 heterocycles. The van der Waals surface area contributed by atoms with E-state index in [4.69, 9.17) is 6.58 Å². The average molecular weight is 334 g/mol. The molecule has 0 saturated carbocycles. The van der Waals surface area contributed by atoms with Crippen LogP contribution in [-0.2, 0) is 21.7 Å². The Morgan fingerprint density at radius 3 is 1.43 bits per heavy atom. The van der Waals surface area contributed by atoms with Crippen molar-refractivity contribution < 1.29 is 21.7 Å². The van der Waals surface area contributed by atoms with Gasteiger partial charge in [0.1, 0.15) is 0 Å². The van der Waals surface area contributed by atoms with E-state index >= 15 is 0 Å². The normalized spacial score (nSPS) is 8.57. The summed E-state index contributed by atoms with van der Waals surface area (Å²) in [6, 6.07) is 29.3. The fourth-order valence-corrected chi connectivity index (χ4v) is 2.14. The van der Waals surface area contributed by atoms with E-state index in [0.717, 1.165) is 0 Å². The van der Waals surface area contributed by atoms with Crippen molar-refractivity contribution in [3.05, 3.63) is 105 Å². The summed E-state index contributed by atoms with van der Waals surface area (Å²) in [5.74, 6) is 0. The first-order valence-corrected chi connectivity index (χ1v) is 7.05. The van der Waals surface area contributed by atoms with E-state index in [-0.39, 0.29) is 29.1 Å². The van der Waals surface area contributed by atoms with E-state index in [0.29, 0.717) is 0 Å². The Kier molecular flexibility index (Phi) is 10.7. The predicted octanol–water partition coefficient (Wildman–Crippen LogP) is 6.56. The second-order valence-electron chi connectivity index (χ2n) is 4.64. The quantitative estimate of drug-likeness (QED) is 0.252. The van der Waals surface area contributed by atoms with E-state index in [9.17, 15) is 0 Å². The minimum atomic E-state index is 0. The number of rotatable bonds is 0. The van der Waals surface area contributed by atoms with Crippen LogP contribution in [0.1, 0.15) is 6.92 Å². The first-order valence-electron chi connectivity index (χ1n) is 7.05. The third-order valence-electron chi connectivity index (χ3n) is 3.10. The van der Waals surface area contributed by atoms with Crippen molar-refractivity contribution in [1.29, 1.82) is 0 Å². The number of allylic oxidation sites excluding steroid dienone is 1. The molecule has 0 atom stereocenters. The molecule has 0 aliphatic rings. The summed E-state index contributed by atoms with van der Waals surface area (Å²) >= 11 is 0. The van der Waals surface area contributed by atoms with Gasteiger partial charge in [-0.2, -0.15) is 35.0 Å². The molecule has 0 fully saturated rings. The molecule has 0 aromatic heterocycles. The van der Waals surface area contributed by atoms with Gasteiger partial charge in [0.05, 0.1) is 0 Å². The molecule has 0 N–H and O–H groups in total. The van der Waals surface area contributed by atoms with Crippen molar-refractivity contribution in [2.75, 3.05) is 0 Å². The largest absolute Gasteiger partial charge is 4.00 e. The van der Waals surface area contributed by atoms with Gasteiger partial charge in [0.15, 0.2) is 0 Å². The maximum Gasteiger partial charge on any atom is 4.00 e. The Labute approximate surface area is 155 Å². The van der Waals surface area contributed by atoms with Crippen LogP contribution in [0.2, 0.25) is 0 Å². The Balaban J connectivity index is 0.000000336. The van der Waals surface area contributed by atoms with Crippen LogP contribution in [0.4, 0.5) is 0 Å². The van der Waals surface area contributed by atoms with Crippen molar-refractivity contribution in [2.24, 2.45) is 0 Å². The van der Waals surface area contributed by atoms with Crippen molar-refractivity contribution in [3.63, 3.8) is 0 Å². The van der Waals surface area contributed by atoms with Gasteiger partial charge in [-0.1, -0.05) is 19.1 Å². The van der Waals surface area contributed by atoms with Crippen molar-refractivity contribution in [3.8, 4) is 0 Å². The van der Waals surface area contributed by atoms with E-state index in [1.54, 1.807) is 6.92 Å². The second kappa shape index (κ2) is 11.7. The molecular formula is C22H22Ti. The van der Waals surface area contributed by atoms with Crippen LogP contribution in [-0.4, -0.2) is 0 Å². The molecule has 0 radical (unpaired) electrons. The maximum atomic E-state index is 4.72. The Hall–Kier alpha value is -1.89. The number of fused-ring (bicyclic) bond motifs is 2. The van der Waals surface area contributed by atoms with Gasteiger partial charge < -0.3 is 14.0 Å². The van der Waals surface area contributed by atoms with E-state index < -0.39 is 0 Å². The molecule has 0 unspecified atom stereocenters. The summed E-state index contributed by atoms with van der Waals surface area (Å²) < 4.78 is 0. The predicted molar refractivity (Wildman–Crippen MR) is 100 cm³/mol. The topological polar surface area (TPSA) is 0 Å². The van der Waals surface area contributed by atoms with Gasteiger partial charge >= 0.3 is 21.7 Å². The van der Waals surface area contributed by atoms with Crippen molar-refractivity contribution >= 4 is 21.5 Å². The molecule has 0 saturated heterocycles. The van der Waals surface area contributed by atoms with Gasteiger partial charge in [-0.3, -0.25) is 6.08 Å². The molecule has 4 aromatic rings. The summed E-state index contributed by atoms with van der Waals surface area (Å²) in [7, 11) is 0. The molecule has 0 aliphatic carbocycles. The monoisotopic (exact) mass is 334 g/mol. The van der Waals surface area contributed by atoms with Crippen LogP contribution in [0.3, 0.4) is 0 Å². The second-order valence-corrected chi connectivity index (χ2v) is 4.64. The standard InChI is InChI=1S/2C9H7.C3H5.CH3.Ti/c2*1-2-5-9-7-3-6-8(9)4-1;1-3-2;;/h2*1-7H;1,3H,2H3;1H3;/q4*-1;+4. The van der Waals surface area contributed by atoms with Gasteiger partial charge in [-0.05, 0) is 0 Å². The molecule has 4 aromatic carbocycles. The molecule has 114 valence electrons. The zero-order valence-electron chi connectivity index (χ0n) is 13.7. The molecule has 4 rings (SSSR count). The first kappa shape index (κ1) is 21.1. The molecular weight excluding hydrogens is 312 g/mol. The third-order valence-corrected chi connectivity index (χ3v) is 3.10. The fourth-order valence-electron chi connectivity index (χ4n) is 2.14. The number of benzene rings is 2. The summed E-state index contributed by atoms with van der Waals surface area (Å²) in [5, 5.41) is 5.32. The minimum absolute atomic E-state index is 0. The van der Waals surface area contributed by atoms with Crippen LogP contribution in [0.15, 0.2) is 91.0 Å². The minimum Gasteiger partial charge on any atom is -0.518 e. The van der Waals surface area contributed by atoms with Gasteiger partial charge in [-0.25, -0.2) is 0 Å². The van der Waals surface area contributed by atoms with Gasteiger partial charge in [-0.15, -0.1) is 59.3 Å². The third kappa shape index (κ3) is 6.40. The van der Waals surface area contributed by atoms with Crippen LogP contribution in [0.25, 0.3) is 21.5 Å². The van der Waals surface area contributed by atoms with Gasteiger partial charge in [0.2, 0.25) is 0 Å². The first-order chi connectivity index (χ1) is 10.3. The summed E-state index contributed by atoms with van der Waals surface area (Å²) in [5.41, 5.74) is 0. The zero-order valence-corrected chi connectivity index (χ0v) is 15.3. The van der Waals surface area contributed by atoms with Crippen LogP contribution in [0, 0.1) is 14.0 Å². The number of hydrogen-bond acceptors (Lipinski definition) is 0. The molecule has 0 nitrogen and oxygen atoms in total. The van der Waals surface area contributed by atoms with Crippen LogP contribution < -0.4 is 0 Å². The molecule has 0 bridgehead atoms. The molecule has 0 spiro atoms. The smallest absolute Gasteiger partial charge is 0.518 e. The Morgan fingerprint density at radius 1 is 0.739 bits per heavy atom. The summed E-state index contributed by atoms with van der Waals surface area (Å²) in [6.45, 7) is 6.50. The molecule has 23 heavy (non-hydrogen) atoms. The van der Waals surface area contributed by atoms with Gasteiger partial charge in [0, 0.05) is 0 Å². The molecule has 0 aliphatic heterocycles. The number of hydrogen-bond donors (Lipinski definition) is 0. The zero-order chi connectivity index (χ0) is 14.9. The molecule has 1 heteroatoms. The van der Waals surface area contributed by atoms with E-state index in [2.05, 4.69) is 84.9 Å². The Morgan fingerprint density at radius 2 is 1.09 bits per heavy atom. The van der Waals surface area contributed by atoms with E-state index in [1.165, 1.54) is 27.6 Å². The van der Waals surface area contributed by atoms with Crippen LogP contribution >= 0.6 is 0 Å². The van der Waals surface area contributed by atoms with Crippen molar-refractivity contribution in [1.82, 2.24) is 0 Å². The summed E-state index contributed by atoms with van der Waals surface area (Å²) in [6.07, 6.45) is 1.50. The molecule has 0 amide bonds. The summed E-state index contributed by atoms with van der Waals surface area (Å²) in [4.78, 5) is 0. The van der Waals surface area contributed by atoms with Gasteiger partial charge in [0.25, 0.3) is 0 Å². The van der Waals surface area contributed by atoms with E-state index in [1.807, 2.05) is 0 Å². The van der Waals surface area contributed by atoms with Crippen molar-refractivity contribution in [2.45, 2.75) is 6.92 Å². The fraction of sp³-hybridized carbons (Fsp3) is 0.0455. The maximum absolute atomic E-state index is 4.72.